The third-order valence-corrected chi connectivity index (χ3v) is 11.3. The molecule has 3 heterocycles. The zero-order valence-corrected chi connectivity index (χ0v) is 30.3. The molecule has 0 saturated carbocycles. The number of aromatic nitrogens is 3. The summed E-state index contributed by atoms with van der Waals surface area (Å²) >= 11 is 0. The highest BCUT2D eigenvalue weighted by atomic mass is 15.0. The fourth-order valence-electron chi connectivity index (χ4n) is 8.97. The topological polar surface area (TPSA) is 47.3 Å². The number of nitriles is 1. The monoisotopic (exact) mass is 724 g/mol. The van der Waals surface area contributed by atoms with Crippen LogP contribution in [0.15, 0.2) is 170 Å². The van der Waals surface area contributed by atoms with Gasteiger partial charge in [-0.3, -0.25) is 0 Å². The molecule has 0 unspecified atom stereocenters. The number of hydrogen-bond acceptors (Lipinski definition) is 1. The van der Waals surface area contributed by atoms with Crippen LogP contribution in [0.1, 0.15) is 5.56 Å². The van der Waals surface area contributed by atoms with Crippen LogP contribution < -0.4 is 0 Å². The minimum absolute atomic E-state index is 0.495. The summed E-state index contributed by atoms with van der Waals surface area (Å²) in [4.78, 5) is 7.81. The van der Waals surface area contributed by atoms with Gasteiger partial charge in [0.05, 0.1) is 63.2 Å². The van der Waals surface area contributed by atoms with E-state index in [4.69, 9.17) is 13.1 Å². The summed E-state index contributed by atoms with van der Waals surface area (Å²) in [5.74, 6) is 0. The molecule has 0 N–H and O–H groups in total. The molecule has 0 aliphatic rings. The maximum absolute atomic E-state index is 10.8. The zero-order valence-electron chi connectivity index (χ0n) is 30.3. The van der Waals surface area contributed by atoms with Gasteiger partial charge in [0.2, 0.25) is 0 Å². The Labute approximate surface area is 327 Å². The molecule has 57 heavy (non-hydrogen) atoms. The molecule has 11 rings (SSSR count). The lowest BCUT2D eigenvalue weighted by Crippen LogP contribution is -2.02. The first-order valence-corrected chi connectivity index (χ1v) is 18.6. The minimum atomic E-state index is 0.495. The lowest BCUT2D eigenvalue weighted by molar-refractivity contribution is 1.16. The summed E-state index contributed by atoms with van der Waals surface area (Å²) in [6.45, 7) is 16.2. The third-order valence-electron chi connectivity index (χ3n) is 11.3. The molecule has 0 bridgehead atoms. The molecular formula is C51H28N6. The van der Waals surface area contributed by atoms with Crippen LogP contribution in [0.5, 0.6) is 0 Å². The third kappa shape index (κ3) is 4.61. The molecule has 262 valence electrons. The van der Waals surface area contributed by atoms with Gasteiger partial charge in [0.25, 0.3) is 0 Å². The summed E-state index contributed by atoms with van der Waals surface area (Å²) in [6, 6.07) is 60.0. The van der Waals surface area contributed by atoms with E-state index in [9.17, 15) is 5.26 Å². The van der Waals surface area contributed by atoms with E-state index < -0.39 is 0 Å². The second kappa shape index (κ2) is 12.3. The van der Waals surface area contributed by atoms with E-state index in [1.165, 1.54) is 0 Å². The van der Waals surface area contributed by atoms with E-state index in [1.54, 1.807) is 0 Å². The van der Waals surface area contributed by atoms with Gasteiger partial charge in [0.1, 0.15) is 6.07 Å². The molecule has 0 radical (unpaired) electrons. The first-order valence-electron chi connectivity index (χ1n) is 18.6. The van der Waals surface area contributed by atoms with Crippen LogP contribution in [0.25, 0.3) is 103 Å². The molecule has 3 aromatic heterocycles. The van der Waals surface area contributed by atoms with Crippen molar-refractivity contribution in [3.63, 3.8) is 0 Å². The number of para-hydroxylation sites is 5. The van der Waals surface area contributed by atoms with Crippen LogP contribution in [-0.4, -0.2) is 13.7 Å². The maximum atomic E-state index is 10.8. The SMILES string of the molecule is [C-]#[N+]c1cc(-c2cccc(C#N)c2-n2c3ccc([N+]#[C-])cc3c3c(-n4c5ccccc5c5ccccc54)cccc32)cc(-n2c3ccccc3c3ccccc32)c1. The summed E-state index contributed by atoms with van der Waals surface area (Å²) in [5.41, 5.74) is 11.8. The largest absolute Gasteiger partial charge is 0.310 e. The van der Waals surface area contributed by atoms with Crippen molar-refractivity contribution in [2.24, 2.45) is 0 Å². The summed E-state index contributed by atoms with van der Waals surface area (Å²) < 4.78 is 6.71. The molecule has 8 aromatic carbocycles. The standard InChI is InChI=1S/C51H28N6/c1-53-34-25-26-47-42(30-34)50-48(56-45-21-9-5-16-40(45)41-17-6-10-22-46(41)56)23-12-24-49(50)57(47)51-32(31-52)13-11-18-37(51)33-27-35(54-2)29-36(28-33)55-43-19-7-3-14-38(43)39-15-4-8-20-44(39)55/h3-30H. The molecule has 0 fully saturated rings. The van der Waals surface area contributed by atoms with Crippen molar-refractivity contribution >= 4 is 76.8 Å². The van der Waals surface area contributed by atoms with Gasteiger partial charge >= 0.3 is 0 Å². The predicted molar refractivity (Wildman–Crippen MR) is 232 cm³/mol. The van der Waals surface area contributed by atoms with Crippen molar-refractivity contribution in [3.05, 3.63) is 198 Å². The second-order valence-electron chi connectivity index (χ2n) is 14.2. The first-order chi connectivity index (χ1) is 28.2. The highest BCUT2D eigenvalue weighted by Crippen LogP contribution is 2.44. The maximum Gasteiger partial charge on any atom is 0.189 e. The summed E-state index contributed by atoms with van der Waals surface area (Å²) in [6.07, 6.45) is 0. The van der Waals surface area contributed by atoms with Crippen LogP contribution in [0.3, 0.4) is 0 Å². The fourth-order valence-corrected chi connectivity index (χ4v) is 8.97. The molecule has 6 heteroatoms. The van der Waals surface area contributed by atoms with E-state index >= 15 is 0 Å². The summed E-state index contributed by atoms with van der Waals surface area (Å²) in [5, 5.41) is 17.3. The Morgan fingerprint density at radius 1 is 0.439 bits per heavy atom. The van der Waals surface area contributed by atoms with Gasteiger partial charge in [-0.15, -0.1) is 0 Å². The molecule has 0 aliphatic heterocycles. The van der Waals surface area contributed by atoms with Gasteiger partial charge in [0, 0.05) is 38.2 Å². The van der Waals surface area contributed by atoms with E-state index in [-0.39, 0.29) is 0 Å². The van der Waals surface area contributed by atoms with Crippen LogP contribution in [-0.2, 0) is 0 Å². The average Bonchev–Trinajstić information content (AvgIpc) is 3.91. The van der Waals surface area contributed by atoms with Gasteiger partial charge in [-0.1, -0.05) is 97.1 Å². The van der Waals surface area contributed by atoms with Gasteiger partial charge in [0.15, 0.2) is 11.4 Å². The molecule has 0 atom stereocenters. The molecule has 0 saturated heterocycles. The van der Waals surface area contributed by atoms with Gasteiger partial charge in [-0.2, -0.15) is 5.26 Å². The molecule has 6 nitrogen and oxygen atoms in total. The van der Waals surface area contributed by atoms with E-state index in [1.807, 2.05) is 60.7 Å². The van der Waals surface area contributed by atoms with Crippen molar-refractivity contribution in [1.29, 1.82) is 5.26 Å². The Kier molecular flexibility index (Phi) is 6.95. The van der Waals surface area contributed by atoms with Crippen LogP contribution in [0.4, 0.5) is 11.4 Å². The van der Waals surface area contributed by atoms with E-state index in [2.05, 4.69) is 139 Å². The van der Waals surface area contributed by atoms with Crippen molar-refractivity contribution < 1.29 is 0 Å². The van der Waals surface area contributed by atoms with Crippen LogP contribution in [0, 0.1) is 24.5 Å². The lowest BCUT2D eigenvalue weighted by Gasteiger charge is -2.18. The number of hydrogen-bond donors (Lipinski definition) is 0. The van der Waals surface area contributed by atoms with Crippen molar-refractivity contribution in [3.8, 4) is 34.3 Å². The fraction of sp³-hybridized carbons (Fsp3) is 0. The number of fused-ring (bicyclic) bond motifs is 9. The predicted octanol–water partition coefficient (Wildman–Crippen LogP) is 13.6. The number of rotatable bonds is 4. The van der Waals surface area contributed by atoms with Crippen molar-refractivity contribution in [2.45, 2.75) is 0 Å². The zero-order chi connectivity index (χ0) is 38.2. The molecular weight excluding hydrogens is 697 g/mol. The molecule has 0 spiro atoms. The Balaban J connectivity index is 1.24. The van der Waals surface area contributed by atoms with E-state index in [0.29, 0.717) is 22.6 Å². The highest BCUT2D eigenvalue weighted by Gasteiger charge is 2.24. The van der Waals surface area contributed by atoms with Crippen molar-refractivity contribution in [1.82, 2.24) is 13.7 Å². The van der Waals surface area contributed by atoms with Gasteiger partial charge in [-0.25, -0.2) is 9.69 Å². The lowest BCUT2D eigenvalue weighted by atomic mass is 9.98. The minimum Gasteiger partial charge on any atom is -0.310 e. The van der Waals surface area contributed by atoms with Gasteiger partial charge < -0.3 is 13.7 Å². The normalized spacial score (nSPS) is 11.5. The van der Waals surface area contributed by atoms with Crippen LogP contribution >= 0.6 is 0 Å². The number of nitrogens with zero attached hydrogens (tertiary/aromatic N) is 6. The van der Waals surface area contributed by atoms with Crippen LogP contribution in [0.2, 0.25) is 0 Å². The molecule has 11 aromatic rings. The first kappa shape index (κ1) is 32.1. The average molecular weight is 725 g/mol. The number of benzene rings is 8. The Morgan fingerprint density at radius 2 is 0.982 bits per heavy atom. The Hall–Kier alpha value is -8.37. The smallest absolute Gasteiger partial charge is 0.189 e. The quantitative estimate of drug-likeness (QED) is 0.167. The Bertz CT molecular complexity index is 3520. The highest BCUT2D eigenvalue weighted by molar-refractivity contribution is 6.17. The molecule has 0 amide bonds. The van der Waals surface area contributed by atoms with Gasteiger partial charge in [-0.05, 0) is 83.7 Å². The van der Waals surface area contributed by atoms with E-state index in [0.717, 1.165) is 87.9 Å². The van der Waals surface area contributed by atoms with Crippen molar-refractivity contribution in [2.75, 3.05) is 0 Å². The Morgan fingerprint density at radius 3 is 1.58 bits per heavy atom. The molecule has 0 aliphatic carbocycles. The summed E-state index contributed by atoms with van der Waals surface area (Å²) in [7, 11) is 0. The second-order valence-corrected chi connectivity index (χ2v) is 14.2.